The Labute approximate surface area is 215 Å². The molecule has 0 aromatic heterocycles. The zero-order chi connectivity index (χ0) is 25.0. The van der Waals surface area contributed by atoms with Gasteiger partial charge in [-0.15, -0.1) is 0 Å². The molecule has 0 bridgehead atoms. The molecule has 0 saturated carbocycles. The summed E-state index contributed by atoms with van der Waals surface area (Å²) in [6, 6.07) is 41.7. The Hall–Kier alpha value is -3.91. The number of hydrogen-bond donors (Lipinski definition) is 0. The molecule has 2 heteroatoms. The fourth-order valence-corrected chi connectivity index (χ4v) is 4.81. The van der Waals surface area contributed by atoms with E-state index < -0.39 is 0 Å². The predicted octanol–water partition coefficient (Wildman–Crippen LogP) is 7.94. The Kier molecular flexibility index (Phi) is 9.27. The highest BCUT2D eigenvalue weighted by Gasteiger charge is 2.25. The normalized spacial score (nSPS) is 12.1. The summed E-state index contributed by atoms with van der Waals surface area (Å²) >= 11 is 0. The van der Waals surface area contributed by atoms with Gasteiger partial charge in [0.15, 0.2) is 0 Å². The molecule has 1 amide bonds. The van der Waals surface area contributed by atoms with Crippen molar-refractivity contribution in [1.29, 1.82) is 0 Å². The molecule has 1 atom stereocenters. The van der Waals surface area contributed by atoms with E-state index in [1.54, 1.807) is 0 Å². The molecule has 36 heavy (non-hydrogen) atoms. The molecule has 182 valence electrons. The van der Waals surface area contributed by atoms with Crippen molar-refractivity contribution in [2.75, 3.05) is 13.1 Å². The van der Waals surface area contributed by atoms with Crippen LogP contribution in [0.4, 0.5) is 0 Å². The molecule has 0 fully saturated rings. The molecule has 4 aromatic carbocycles. The largest absolute Gasteiger partial charge is 0.338 e. The second-order valence-corrected chi connectivity index (χ2v) is 9.13. The number of carbonyl (C=O) groups excluding carboxylic acids is 1. The third-order valence-corrected chi connectivity index (χ3v) is 6.75. The first-order valence-corrected chi connectivity index (χ1v) is 12.9. The lowest BCUT2D eigenvalue weighted by Crippen LogP contribution is -2.36. The molecule has 0 spiro atoms. The first-order valence-electron chi connectivity index (χ1n) is 12.9. The SMILES string of the molecule is CCC(C(=O)N(C/C=C/c1ccccc1)CCC(c1ccccc1)c1ccccc1)c1ccccc1. The van der Waals surface area contributed by atoms with Gasteiger partial charge in [-0.3, -0.25) is 4.79 Å². The van der Waals surface area contributed by atoms with Crippen molar-refractivity contribution in [3.05, 3.63) is 150 Å². The number of carbonyl (C=O) groups is 1. The van der Waals surface area contributed by atoms with E-state index in [4.69, 9.17) is 0 Å². The molecule has 4 aromatic rings. The fraction of sp³-hybridized carbons (Fsp3) is 0.206. The van der Waals surface area contributed by atoms with Crippen molar-refractivity contribution in [1.82, 2.24) is 4.90 Å². The van der Waals surface area contributed by atoms with E-state index in [0.29, 0.717) is 13.1 Å². The minimum absolute atomic E-state index is 0.136. The van der Waals surface area contributed by atoms with Gasteiger partial charge in [0.05, 0.1) is 5.92 Å². The molecule has 1 unspecified atom stereocenters. The van der Waals surface area contributed by atoms with Crippen LogP contribution < -0.4 is 0 Å². The number of hydrogen-bond acceptors (Lipinski definition) is 1. The van der Waals surface area contributed by atoms with Crippen molar-refractivity contribution in [3.63, 3.8) is 0 Å². The average molecular weight is 474 g/mol. The van der Waals surface area contributed by atoms with E-state index in [9.17, 15) is 4.79 Å². The lowest BCUT2D eigenvalue weighted by atomic mass is 9.88. The van der Waals surface area contributed by atoms with Crippen molar-refractivity contribution < 1.29 is 4.79 Å². The molecule has 0 aliphatic heterocycles. The van der Waals surface area contributed by atoms with E-state index in [1.807, 2.05) is 41.3 Å². The first-order chi connectivity index (χ1) is 17.8. The Bertz CT molecular complexity index is 1160. The smallest absolute Gasteiger partial charge is 0.230 e. The maximum atomic E-state index is 13.9. The van der Waals surface area contributed by atoms with Crippen molar-refractivity contribution in [3.8, 4) is 0 Å². The number of amides is 1. The summed E-state index contributed by atoms with van der Waals surface area (Å²) in [6.45, 7) is 3.38. The fourth-order valence-electron chi connectivity index (χ4n) is 4.81. The van der Waals surface area contributed by atoms with Gasteiger partial charge in [-0.05, 0) is 35.1 Å². The van der Waals surface area contributed by atoms with Gasteiger partial charge in [0, 0.05) is 19.0 Å². The van der Waals surface area contributed by atoms with E-state index in [2.05, 4.69) is 104 Å². The van der Waals surface area contributed by atoms with Crippen LogP contribution in [-0.2, 0) is 4.79 Å². The summed E-state index contributed by atoms with van der Waals surface area (Å²) < 4.78 is 0. The summed E-state index contributed by atoms with van der Waals surface area (Å²) in [4.78, 5) is 15.9. The Morgan fingerprint density at radius 2 is 1.17 bits per heavy atom. The predicted molar refractivity (Wildman–Crippen MR) is 151 cm³/mol. The molecule has 0 aliphatic rings. The highest BCUT2D eigenvalue weighted by atomic mass is 16.2. The summed E-state index contributed by atoms with van der Waals surface area (Å²) in [5.74, 6) is 0.294. The van der Waals surface area contributed by atoms with Gasteiger partial charge in [0.1, 0.15) is 0 Å². The molecular formula is C34H35NO. The number of rotatable bonds is 11. The second kappa shape index (κ2) is 13.3. The minimum atomic E-state index is -0.136. The maximum Gasteiger partial charge on any atom is 0.230 e. The highest BCUT2D eigenvalue weighted by molar-refractivity contribution is 5.84. The van der Waals surface area contributed by atoms with Crippen LogP contribution in [0, 0.1) is 0 Å². The molecule has 0 radical (unpaired) electrons. The summed E-state index contributed by atoms with van der Waals surface area (Å²) in [5.41, 5.74) is 4.80. The lowest BCUT2D eigenvalue weighted by molar-refractivity contribution is -0.132. The van der Waals surface area contributed by atoms with Gasteiger partial charge in [-0.25, -0.2) is 0 Å². The minimum Gasteiger partial charge on any atom is -0.338 e. The van der Waals surface area contributed by atoms with Crippen molar-refractivity contribution in [2.24, 2.45) is 0 Å². The van der Waals surface area contributed by atoms with Gasteiger partial charge in [-0.2, -0.15) is 0 Å². The third kappa shape index (κ3) is 6.82. The van der Waals surface area contributed by atoms with Crippen LogP contribution in [0.15, 0.2) is 127 Å². The van der Waals surface area contributed by atoms with Gasteiger partial charge in [-0.1, -0.05) is 140 Å². The summed E-state index contributed by atoms with van der Waals surface area (Å²) in [6.07, 6.45) is 5.87. The van der Waals surface area contributed by atoms with Crippen LogP contribution in [0.5, 0.6) is 0 Å². The molecule has 0 aliphatic carbocycles. The zero-order valence-electron chi connectivity index (χ0n) is 21.0. The van der Waals surface area contributed by atoms with Crippen LogP contribution >= 0.6 is 0 Å². The number of benzene rings is 4. The van der Waals surface area contributed by atoms with Crippen LogP contribution in [-0.4, -0.2) is 23.9 Å². The second-order valence-electron chi connectivity index (χ2n) is 9.13. The quantitative estimate of drug-likeness (QED) is 0.216. The molecule has 0 saturated heterocycles. The van der Waals surface area contributed by atoms with Gasteiger partial charge >= 0.3 is 0 Å². The Balaban J connectivity index is 1.58. The standard InChI is InChI=1S/C34H35NO/c1-2-32(29-19-9-4-10-20-29)34(36)35(26-15-18-28-16-7-3-8-17-28)27-25-33(30-21-11-5-12-22-30)31-23-13-6-14-24-31/h3-24,32-33H,2,25-27H2,1H3/b18-15+. The Morgan fingerprint density at radius 1 is 0.694 bits per heavy atom. The molecule has 0 heterocycles. The van der Waals surface area contributed by atoms with Gasteiger partial charge in [0.25, 0.3) is 0 Å². The monoisotopic (exact) mass is 473 g/mol. The molecule has 4 rings (SSSR count). The van der Waals surface area contributed by atoms with Crippen LogP contribution in [0.2, 0.25) is 0 Å². The molecular weight excluding hydrogens is 438 g/mol. The van der Waals surface area contributed by atoms with Gasteiger partial charge in [0.2, 0.25) is 5.91 Å². The van der Waals surface area contributed by atoms with E-state index >= 15 is 0 Å². The summed E-state index contributed by atoms with van der Waals surface area (Å²) in [5, 5.41) is 0. The average Bonchev–Trinajstić information content (AvgIpc) is 2.95. The van der Waals surface area contributed by atoms with E-state index in [1.165, 1.54) is 11.1 Å². The van der Waals surface area contributed by atoms with E-state index in [-0.39, 0.29) is 17.7 Å². The first kappa shape index (κ1) is 25.2. The van der Waals surface area contributed by atoms with Crippen LogP contribution in [0.3, 0.4) is 0 Å². The molecule has 2 nitrogen and oxygen atoms in total. The zero-order valence-corrected chi connectivity index (χ0v) is 21.0. The van der Waals surface area contributed by atoms with Crippen molar-refractivity contribution in [2.45, 2.75) is 31.6 Å². The van der Waals surface area contributed by atoms with Crippen LogP contribution in [0.25, 0.3) is 6.08 Å². The van der Waals surface area contributed by atoms with E-state index in [0.717, 1.165) is 24.0 Å². The number of nitrogens with zero attached hydrogens (tertiary/aromatic N) is 1. The Morgan fingerprint density at radius 3 is 1.67 bits per heavy atom. The highest BCUT2D eigenvalue weighted by Crippen LogP contribution is 2.29. The van der Waals surface area contributed by atoms with Gasteiger partial charge < -0.3 is 4.90 Å². The summed E-state index contributed by atoms with van der Waals surface area (Å²) in [7, 11) is 0. The third-order valence-electron chi connectivity index (χ3n) is 6.75. The molecule has 0 N–H and O–H groups in total. The van der Waals surface area contributed by atoms with Crippen molar-refractivity contribution >= 4 is 12.0 Å². The topological polar surface area (TPSA) is 20.3 Å². The van der Waals surface area contributed by atoms with Crippen LogP contribution in [0.1, 0.15) is 53.9 Å². The maximum absolute atomic E-state index is 13.9. The lowest BCUT2D eigenvalue weighted by Gasteiger charge is -2.28.